The molecule has 0 bridgehead atoms. The van der Waals surface area contributed by atoms with Crippen molar-refractivity contribution < 1.29 is 14.5 Å². The van der Waals surface area contributed by atoms with Crippen LogP contribution in [-0.2, 0) is 12.8 Å². The van der Waals surface area contributed by atoms with Gasteiger partial charge in [-0.2, -0.15) is 0 Å². The molecule has 0 spiro atoms. The lowest BCUT2D eigenvalue weighted by molar-refractivity contribution is -0.384. The quantitative estimate of drug-likeness (QED) is 0.533. The van der Waals surface area contributed by atoms with E-state index in [4.69, 9.17) is 5.73 Å². The number of thiophene rings is 1. The highest BCUT2D eigenvalue weighted by atomic mass is 32.1. The maximum atomic E-state index is 12.9. The Kier molecular flexibility index (Phi) is 5.95. The van der Waals surface area contributed by atoms with Gasteiger partial charge in [-0.1, -0.05) is 6.92 Å². The van der Waals surface area contributed by atoms with E-state index < -0.39 is 16.7 Å². The second-order valence-electron chi connectivity index (χ2n) is 8.38. The fourth-order valence-electron chi connectivity index (χ4n) is 4.49. The highest BCUT2D eigenvalue weighted by Gasteiger charge is 2.28. The van der Waals surface area contributed by atoms with Crippen LogP contribution in [0.5, 0.6) is 0 Å². The number of amides is 2. The van der Waals surface area contributed by atoms with Crippen LogP contribution in [0.15, 0.2) is 18.2 Å². The second-order valence-corrected chi connectivity index (χ2v) is 9.49. The third kappa shape index (κ3) is 4.27. The van der Waals surface area contributed by atoms with Gasteiger partial charge in [-0.3, -0.25) is 19.7 Å². The number of fused-ring (bicyclic) bond motifs is 1. The number of carbonyl (C=O) groups is 2. The molecule has 2 aromatic rings. The van der Waals surface area contributed by atoms with Gasteiger partial charge in [0.25, 0.3) is 17.5 Å². The second kappa shape index (κ2) is 8.66. The van der Waals surface area contributed by atoms with Crippen molar-refractivity contribution in [1.29, 1.82) is 0 Å². The fourth-order valence-corrected chi connectivity index (χ4v) is 5.90. The molecule has 1 aliphatic carbocycles. The van der Waals surface area contributed by atoms with Gasteiger partial charge in [-0.15, -0.1) is 11.3 Å². The molecule has 3 N–H and O–H groups in total. The number of carbonyl (C=O) groups excluding carboxylic acids is 2. The van der Waals surface area contributed by atoms with E-state index in [1.54, 1.807) is 12.1 Å². The van der Waals surface area contributed by atoms with E-state index in [0.717, 1.165) is 62.1 Å². The number of nitrogens with two attached hydrogens (primary N) is 1. The summed E-state index contributed by atoms with van der Waals surface area (Å²) in [5.74, 6) is -0.531. The average molecular weight is 443 g/mol. The van der Waals surface area contributed by atoms with Gasteiger partial charge in [0, 0.05) is 29.6 Å². The molecule has 2 aliphatic rings. The minimum atomic E-state index is -0.561. The number of nitrogens with zero attached hydrogens (tertiary/aromatic N) is 2. The SMILES string of the molecule is CC1CCc2c(sc(NC(=O)c3ccc(N4CCCCC4)c([N+](=O)[O-])c3)c2C(N)=O)C1. The molecule has 1 unspecified atom stereocenters. The van der Waals surface area contributed by atoms with Crippen LogP contribution in [-0.4, -0.2) is 29.8 Å². The Bertz CT molecular complexity index is 1040. The summed E-state index contributed by atoms with van der Waals surface area (Å²) in [5, 5.41) is 14.9. The summed E-state index contributed by atoms with van der Waals surface area (Å²) < 4.78 is 0. The van der Waals surface area contributed by atoms with Gasteiger partial charge in [0.2, 0.25) is 0 Å². The molecule has 2 amide bonds. The number of anilines is 2. The normalized spacial score (nSPS) is 18.4. The lowest BCUT2D eigenvalue weighted by Crippen LogP contribution is -2.30. The van der Waals surface area contributed by atoms with Crippen LogP contribution >= 0.6 is 11.3 Å². The summed E-state index contributed by atoms with van der Waals surface area (Å²) in [7, 11) is 0. The molecule has 1 atom stereocenters. The van der Waals surface area contributed by atoms with Crippen molar-refractivity contribution in [3.05, 3.63) is 49.9 Å². The van der Waals surface area contributed by atoms with Crippen LogP contribution in [0.3, 0.4) is 0 Å². The molecule has 1 aromatic carbocycles. The highest BCUT2D eigenvalue weighted by Crippen LogP contribution is 2.40. The van der Waals surface area contributed by atoms with Crippen molar-refractivity contribution in [1.82, 2.24) is 0 Å². The van der Waals surface area contributed by atoms with E-state index in [9.17, 15) is 19.7 Å². The summed E-state index contributed by atoms with van der Waals surface area (Å²) in [5.41, 5.74) is 7.57. The van der Waals surface area contributed by atoms with Crippen LogP contribution in [0, 0.1) is 16.0 Å². The zero-order valence-electron chi connectivity index (χ0n) is 17.5. The first-order chi connectivity index (χ1) is 14.8. The maximum Gasteiger partial charge on any atom is 0.293 e. The molecule has 164 valence electrons. The van der Waals surface area contributed by atoms with Gasteiger partial charge in [-0.25, -0.2) is 0 Å². The van der Waals surface area contributed by atoms with E-state index in [1.165, 1.54) is 17.4 Å². The molecule has 0 radical (unpaired) electrons. The van der Waals surface area contributed by atoms with Crippen molar-refractivity contribution in [2.75, 3.05) is 23.3 Å². The van der Waals surface area contributed by atoms with E-state index in [1.807, 2.05) is 4.90 Å². The summed E-state index contributed by atoms with van der Waals surface area (Å²) in [4.78, 5) is 39.4. The van der Waals surface area contributed by atoms with Crippen LogP contribution in [0.25, 0.3) is 0 Å². The topological polar surface area (TPSA) is 119 Å². The number of nitro benzene ring substituents is 1. The number of piperidine rings is 1. The van der Waals surface area contributed by atoms with Crippen molar-refractivity contribution in [2.24, 2.45) is 11.7 Å². The molecule has 1 aliphatic heterocycles. The molecular weight excluding hydrogens is 416 g/mol. The predicted octanol–water partition coefficient (Wildman–Crippen LogP) is 4.12. The lowest BCUT2D eigenvalue weighted by Gasteiger charge is -2.28. The molecule has 8 nitrogen and oxygen atoms in total. The molecule has 1 fully saturated rings. The Labute approximate surface area is 184 Å². The van der Waals surface area contributed by atoms with E-state index in [-0.39, 0.29) is 11.3 Å². The number of hydrogen-bond acceptors (Lipinski definition) is 6. The average Bonchev–Trinajstić information content (AvgIpc) is 3.10. The van der Waals surface area contributed by atoms with Gasteiger partial charge in [0.05, 0.1) is 10.5 Å². The fraction of sp³-hybridized carbons (Fsp3) is 0.455. The van der Waals surface area contributed by atoms with Gasteiger partial charge in [0.1, 0.15) is 10.7 Å². The molecule has 4 rings (SSSR count). The Morgan fingerprint density at radius 3 is 2.68 bits per heavy atom. The van der Waals surface area contributed by atoms with Crippen molar-refractivity contribution in [3.8, 4) is 0 Å². The van der Waals surface area contributed by atoms with Crippen LogP contribution in [0.2, 0.25) is 0 Å². The summed E-state index contributed by atoms with van der Waals surface area (Å²) in [6.45, 7) is 3.70. The van der Waals surface area contributed by atoms with Gasteiger partial charge >= 0.3 is 0 Å². The number of hydrogen-bond donors (Lipinski definition) is 2. The molecule has 9 heteroatoms. The number of primary amides is 1. The number of nitro groups is 1. The van der Waals surface area contributed by atoms with Gasteiger partial charge in [-0.05, 0) is 62.1 Å². The predicted molar refractivity (Wildman–Crippen MR) is 121 cm³/mol. The monoisotopic (exact) mass is 442 g/mol. The van der Waals surface area contributed by atoms with Crippen molar-refractivity contribution in [3.63, 3.8) is 0 Å². The summed E-state index contributed by atoms with van der Waals surface area (Å²) in [6, 6.07) is 4.57. The molecule has 1 saturated heterocycles. The zero-order chi connectivity index (χ0) is 22.1. The van der Waals surface area contributed by atoms with Crippen molar-refractivity contribution in [2.45, 2.75) is 45.4 Å². The Balaban J connectivity index is 1.63. The number of nitrogens with one attached hydrogen (secondary N) is 1. The zero-order valence-corrected chi connectivity index (χ0v) is 18.3. The molecule has 2 heterocycles. The third-order valence-electron chi connectivity index (χ3n) is 6.12. The van der Waals surface area contributed by atoms with E-state index >= 15 is 0 Å². The largest absolute Gasteiger partial charge is 0.366 e. The van der Waals surface area contributed by atoms with E-state index in [2.05, 4.69) is 12.2 Å². The van der Waals surface area contributed by atoms with Gasteiger partial charge < -0.3 is 16.0 Å². The molecule has 31 heavy (non-hydrogen) atoms. The van der Waals surface area contributed by atoms with Crippen LogP contribution in [0.1, 0.15) is 63.8 Å². The minimum Gasteiger partial charge on any atom is -0.366 e. The minimum absolute atomic E-state index is 0.0797. The standard InChI is InChI=1S/C22H26N4O4S/c1-13-5-7-15-18(11-13)31-22(19(15)20(23)27)24-21(28)14-6-8-16(17(12-14)26(29)30)25-9-3-2-4-10-25/h6,8,12-13H,2-5,7,9-11H2,1H3,(H2,23,27)(H,24,28). The first kappa shape index (κ1) is 21.3. The summed E-state index contributed by atoms with van der Waals surface area (Å²) >= 11 is 1.38. The summed E-state index contributed by atoms with van der Waals surface area (Å²) in [6.07, 6.45) is 5.70. The molecule has 0 saturated carbocycles. The van der Waals surface area contributed by atoms with Crippen LogP contribution < -0.4 is 16.0 Å². The number of rotatable bonds is 5. The number of benzene rings is 1. The van der Waals surface area contributed by atoms with E-state index in [0.29, 0.717) is 22.2 Å². The third-order valence-corrected chi connectivity index (χ3v) is 7.29. The Morgan fingerprint density at radius 2 is 2.00 bits per heavy atom. The highest BCUT2D eigenvalue weighted by molar-refractivity contribution is 7.17. The van der Waals surface area contributed by atoms with Gasteiger partial charge in [0.15, 0.2) is 0 Å². The first-order valence-corrected chi connectivity index (χ1v) is 11.5. The maximum absolute atomic E-state index is 12.9. The Morgan fingerprint density at radius 1 is 1.26 bits per heavy atom. The smallest absolute Gasteiger partial charge is 0.293 e. The van der Waals surface area contributed by atoms with Crippen molar-refractivity contribution >= 4 is 39.5 Å². The Hall–Kier alpha value is -2.94. The molecular formula is C22H26N4O4S. The lowest BCUT2D eigenvalue weighted by atomic mass is 9.88. The van der Waals surface area contributed by atoms with Crippen LogP contribution in [0.4, 0.5) is 16.4 Å². The molecule has 1 aromatic heterocycles. The first-order valence-electron chi connectivity index (χ1n) is 10.6.